The van der Waals surface area contributed by atoms with Gasteiger partial charge in [-0.3, -0.25) is 4.79 Å². The molecule has 112 valence electrons. The third-order valence-electron chi connectivity index (χ3n) is 3.46. The zero-order valence-electron chi connectivity index (χ0n) is 11.9. The summed E-state index contributed by atoms with van der Waals surface area (Å²) < 4.78 is 1.87. The molecule has 0 spiro atoms. The van der Waals surface area contributed by atoms with E-state index in [2.05, 4.69) is 21.2 Å². The molecular formula is C17H14BrNO2S. The van der Waals surface area contributed by atoms with E-state index in [0.717, 1.165) is 14.0 Å². The van der Waals surface area contributed by atoms with Crippen molar-refractivity contribution >= 4 is 43.3 Å². The molecule has 0 saturated carbocycles. The summed E-state index contributed by atoms with van der Waals surface area (Å²) >= 11 is 4.92. The van der Waals surface area contributed by atoms with Crippen LogP contribution in [0.1, 0.15) is 21.5 Å². The molecule has 2 aromatic carbocycles. The maximum absolute atomic E-state index is 12.3. The molecule has 0 fully saturated rings. The predicted octanol–water partition coefficient (Wildman–Crippen LogP) is 4.61. The number of nitrogens with one attached hydrogen (secondary N) is 1. The Morgan fingerprint density at radius 2 is 1.95 bits per heavy atom. The molecule has 0 aliphatic carbocycles. The van der Waals surface area contributed by atoms with Gasteiger partial charge >= 0.3 is 0 Å². The van der Waals surface area contributed by atoms with Gasteiger partial charge in [0, 0.05) is 16.6 Å². The van der Waals surface area contributed by atoms with Crippen LogP contribution in [-0.4, -0.2) is 11.0 Å². The van der Waals surface area contributed by atoms with Gasteiger partial charge in [-0.05, 0) is 46.6 Å². The number of rotatable bonds is 3. The number of phenolic OH excluding ortho intramolecular Hbond substituents is 1. The minimum atomic E-state index is -0.276. The largest absolute Gasteiger partial charge is 0.506 e. The van der Waals surface area contributed by atoms with Crippen LogP contribution in [0.3, 0.4) is 0 Å². The van der Waals surface area contributed by atoms with Crippen LogP contribution in [0.4, 0.5) is 0 Å². The number of carbonyl (C=O) groups is 1. The second kappa shape index (κ2) is 6.10. The highest BCUT2D eigenvalue weighted by Crippen LogP contribution is 2.37. The maximum Gasteiger partial charge on any atom is 0.255 e. The lowest BCUT2D eigenvalue weighted by Gasteiger charge is -2.08. The number of amides is 1. The first-order valence-corrected chi connectivity index (χ1v) is 8.40. The predicted molar refractivity (Wildman–Crippen MR) is 93.5 cm³/mol. The molecule has 1 aromatic heterocycles. The normalized spacial score (nSPS) is 10.8. The second-order valence-corrected chi connectivity index (χ2v) is 7.56. The molecule has 3 aromatic rings. The van der Waals surface area contributed by atoms with Crippen LogP contribution in [0.2, 0.25) is 0 Å². The molecule has 1 heterocycles. The summed E-state index contributed by atoms with van der Waals surface area (Å²) in [5.41, 5.74) is 2.50. The van der Waals surface area contributed by atoms with E-state index in [4.69, 9.17) is 0 Å². The van der Waals surface area contributed by atoms with E-state index in [-0.39, 0.29) is 11.7 Å². The zero-order chi connectivity index (χ0) is 15.7. The number of thiophene rings is 1. The number of halogens is 1. The van der Waals surface area contributed by atoms with Crippen LogP contribution in [0.5, 0.6) is 5.75 Å². The SMILES string of the molecule is Cc1ccc(CNC(=O)c2ccc3sc(Br)cc3c2O)cc1. The molecule has 0 unspecified atom stereocenters. The first-order valence-electron chi connectivity index (χ1n) is 6.79. The molecule has 2 N–H and O–H groups in total. The molecule has 3 nitrogen and oxygen atoms in total. The van der Waals surface area contributed by atoms with Crippen LogP contribution >= 0.6 is 27.3 Å². The highest BCUT2D eigenvalue weighted by Gasteiger charge is 2.15. The summed E-state index contributed by atoms with van der Waals surface area (Å²) in [6, 6.07) is 13.3. The van der Waals surface area contributed by atoms with Gasteiger partial charge in [0.05, 0.1) is 9.35 Å². The van der Waals surface area contributed by atoms with Crippen molar-refractivity contribution in [3.63, 3.8) is 0 Å². The number of carbonyl (C=O) groups excluding carboxylic acids is 1. The van der Waals surface area contributed by atoms with Crippen molar-refractivity contribution in [1.29, 1.82) is 0 Å². The first kappa shape index (κ1) is 15.1. The zero-order valence-corrected chi connectivity index (χ0v) is 14.3. The average molecular weight is 376 g/mol. The lowest BCUT2D eigenvalue weighted by atomic mass is 10.1. The van der Waals surface area contributed by atoms with E-state index in [0.29, 0.717) is 17.5 Å². The highest BCUT2D eigenvalue weighted by atomic mass is 79.9. The van der Waals surface area contributed by atoms with Crippen LogP contribution < -0.4 is 5.32 Å². The van der Waals surface area contributed by atoms with Crippen LogP contribution in [0.15, 0.2) is 46.3 Å². The minimum absolute atomic E-state index is 0.0286. The van der Waals surface area contributed by atoms with E-state index < -0.39 is 0 Å². The van der Waals surface area contributed by atoms with E-state index in [9.17, 15) is 9.90 Å². The van der Waals surface area contributed by atoms with Crippen LogP contribution in [-0.2, 0) is 6.54 Å². The Labute approximate surface area is 140 Å². The van der Waals surface area contributed by atoms with Crippen LogP contribution in [0.25, 0.3) is 10.1 Å². The van der Waals surface area contributed by atoms with Gasteiger partial charge in [-0.25, -0.2) is 0 Å². The summed E-state index contributed by atoms with van der Waals surface area (Å²) in [6.45, 7) is 2.46. The van der Waals surface area contributed by atoms with E-state index >= 15 is 0 Å². The van der Waals surface area contributed by atoms with Gasteiger partial charge in [0.2, 0.25) is 0 Å². The minimum Gasteiger partial charge on any atom is -0.506 e. The number of benzene rings is 2. The van der Waals surface area contributed by atoms with Crippen molar-refractivity contribution in [1.82, 2.24) is 5.32 Å². The summed E-state index contributed by atoms with van der Waals surface area (Å²) in [6.07, 6.45) is 0. The number of fused-ring (bicyclic) bond motifs is 1. The molecule has 0 radical (unpaired) electrons. The molecule has 0 aliphatic heterocycles. The van der Waals surface area contributed by atoms with Gasteiger partial charge in [0.15, 0.2) is 0 Å². The number of aryl methyl sites for hydroxylation is 1. The smallest absolute Gasteiger partial charge is 0.255 e. The number of hydrogen-bond donors (Lipinski definition) is 2. The molecule has 0 atom stereocenters. The van der Waals surface area contributed by atoms with Crippen molar-refractivity contribution in [2.45, 2.75) is 13.5 Å². The fourth-order valence-corrected chi connectivity index (χ4v) is 3.77. The van der Waals surface area contributed by atoms with Crippen molar-refractivity contribution in [2.24, 2.45) is 0 Å². The molecule has 3 rings (SSSR count). The third-order valence-corrected chi connectivity index (χ3v) is 5.06. The van der Waals surface area contributed by atoms with E-state index in [1.165, 1.54) is 16.9 Å². The molecule has 0 aliphatic rings. The van der Waals surface area contributed by atoms with E-state index in [1.54, 1.807) is 6.07 Å². The molecule has 0 bridgehead atoms. The Bertz CT molecular complexity index is 840. The van der Waals surface area contributed by atoms with Crippen molar-refractivity contribution in [3.8, 4) is 5.75 Å². The molecule has 5 heteroatoms. The van der Waals surface area contributed by atoms with Crippen LogP contribution in [0, 0.1) is 6.92 Å². The second-order valence-electron chi connectivity index (χ2n) is 5.09. The van der Waals surface area contributed by atoms with Gasteiger partial charge in [-0.15, -0.1) is 11.3 Å². The van der Waals surface area contributed by atoms with Crippen molar-refractivity contribution in [2.75, 3.05) is 0 Å². The average Bonchev–Trinajstić information content (AvgIpc) is 2.88. The van der Waals surface area contributed by atoms with Gasteiger partial charge in [0.25, 0.3) is 5.91 Å². The standard InChI is InChI=1S/C17H14BrNO2S/c1-10-2-4-11(5-3-10)9-19-17(21)12-6-7-14-13(16(12)20)8-15(18)22-14/h2-8,20H,9H2,1H3,(H,19,21). The fourth-order valence-electron chi connectivity index (χ4n) is 2.23. The van der Waals surface area contributed by atoms with Gasteiger partial charge in [-0.2, -0.15) is 0 Å². The quantitative estimate of drug-likeness (QED) is 0.702. The Balaban J connectivity index is 1.80. The Morgan fingerprint density at radius 1 is 1.23 bits per heavy atom. The first-order chi connectivity index (χ1) is 10.5. The fraction of sp³-hybridized carbons (Fsp3) is 0.118. The lowest BCUT2D eigenvalue weighted by Crippen LogP contribution is -2.22. The Hall–Kier alpha value is -1.85. The summed E-state index contributed by atoms with van der Waals surface area (Å²) in [4.78, 5) is 12.3. The summed E-state index contributed by atoms with van der Waals surface area (Å²) in [7, 11) is 0. The number of aromatic hydroxyl groups is 1. The number of phenols is 1. The Morgan fingerprint density at radius 3 is 2.68 bits per heavy atom. The summed E-state index contributed by atoms with van der Waals surface area (Å²) in [5, 5.41) is 13.8. The van der Waals surface area contributed by atoms with E-state index in [1.807, 2.05) is 43.3 Å². The molecule has 1 amide bonds. The van der Waals surface area contributed by atoms with Crippen molar-refractivity contribution < 1.29 is 9.90 Å². The molecular weight excluding hydrogens is 362 g/mol. The van der Waals surface area contributed by atoms with Gasteiger partial charge in [-0.1, -0.05) is 29.8 Å². The lowest BCUT2D eigenvalue weighted by molar-refractivity contribution is 0.0948. The summed E-state index contributed by atoms with van der Waals surface area (Å²) in [5.74, 6) is -0.247. The highest BCUT2D eigenvalue weighted by molar-refractivity contribution is 9.11. The topological polar surface area (TPSA) is 49.3 Å². The van der Waals surface area contributed by atoms with Gasteiger partial charge in [0.1, 0.15) is 5.75 Å². The monoisotopic (exact) mass is 375 g/mol. The third kappa shape index (κ3) is 3.00. The Kier molecular flexibility index (Phi) is 4.18. The number of hydrogen-bond acceptors (Lipinski definition) is 3. The maximum atomic E-state index is 12.3. The molecule has 0 saturated heterocycles. The van der Waals surface area contributed by atoms with Crippen molar-refractivity contribution in [3.05, 3.63) is 62.9 Å². The molecule has 22 heavy (non-hydrogen) atoms. The van der Waals surface area contributed by atoms with Gasteiger partial charge < -0.3 is 10.4 Å².